The number of aliphatic hydroxyl groups excluding tert-OH is 1. The molecule has 108 valence electrons. The Labute approximate surface area is 122 Å². The lowest BCUT2D eigenvalue weighted by Crippen LogP contribution is -2.34. The summed E-state index contributed by atoms with van der Waals surface area (Å²) in [5, 5.41) is 9.83. The van der Waals surface area contributed by atoms with Crippen molar-refractivity contribution in [2.24, 2.45) is 5.41 Å². The van der Waals surface area contributed by atoms with Crippen molar-refractivity contribution in [2.75, 3.05) is 0 Å². The average Bonchev–Trinajstić information content (AvgIpc) is 2.22. The van der Waals surface area contributed by atoms with Crippen LogP contribution in [0.3, 0.4) is 0 Å². The molecule has 2 nitrogen and oxygen atoms in total. The van der Waals surface area contributed by atoms with Gasteiger partial charge in [-0.3, -0.25) is 0 Å². The molecule has 19 heavy (non-hydrogen) atoms. The van der Waals surface area contributed by atoms with Gasteiger partial charge in [-0.2, -0.15) is 0 Å². The Morgan fingerprint density at radius 1 is 1.16 bits per heavy atom. The van der Waals surface area contributed by atoms with E-state index in [0.29, 0.717) is 17.0 Å². The fourth-order valence-electron chi connectivity index (χ4n) is 2.50. The van der Waals surface area contributed by atoms with E-state index in [4.69, 9.17) is 16.0 Å². The lowest BCUT2D eigenvalue weighted by atomic mass is 10.0. The Morgan fingerprint density at radius 3 is 2.26 bits per heavy atom. The number of halogens is 1. The van der Waals surface area contributed by atoms with Crippen molar-refractivity contribution < 1.29 is 9.53 Å². The number of benzene rings is 1. The lowest BCUT2D eigenvalue weighted by molar-refractivity contribution is 0.275. The van der Waals surface area contributed by atoms with Crippen LogP contribution in [0.4, 0.5) is 0 Å². The van der Waals surface area contributed by atoms with Crippen LogP contribution in [0, 0.1) is 5.41 Å². The second-order valence-corrected chi connectivity index (χ2v) is 11.5. The van der Waals surface area contributed by atoms with E-state index < -0.39 is 8.32 Å². The van der Waals surface area contributed by atoms with Crippen LogP contribution in [0.5, 0.6) is 0 Å². The van der Waals surface area contributed by atoms with Gasteiger partial charge in [0.2, 0.25) is 0 Å². The van der Waals surface area contributed by atoms with Crippen LogP contribution < -0.4 is 0 Å². The standard InChI is InChI=1S/C15H25ClO2Si/c1-15(2,3)11-19(4,5)18-10-13-6-12(9-17)7-14(16)8-13/h6-8,17H,9-11H2,1-5H3. The molecule has 0 saturated carbocycles. The molecule has 0 aliphatic rings. The van der Waals surface area contributed by atoms with Crippen molar-refractivity contribution in [2.45, 2.75) is 53.1 Å². The fraction of sp³-hybridized carbons (Fsp3) is 0.600. The molecule has 0 atom stereocenters. The summed E-state index contributed by atoms with van der Waals surface area (Å²) >= 11 is 6.03. The molecule has 1 aromatic rings. The van der Waals surface area contributed by atoms with Crippen LogP contribution in [0.25, 0.3) is 0 Å². The molecule has 0 saturated heterocycles. The van der Waals surface area contributed by atoms with Crippen molar-refractivity contribution in [3.63, 3.8) is 0 Å². The highest BCUT2D eigenvalue weighted by molar-refractivity contribution is 6.71. The first-order chi connectivity index (χ1) is 8.61. The van der Waals surface area contributed by atoms with Crippen molar-refractivity contribution in [3.8, 4) is 0 Å². The van der Waals surface area contributed by atoms with Gasteiger partial charge < -0.3 is 9.53 Å². The van der Waals surface area contributed by atoms with E-state index in [1.807, 2.05) is 12.1 Å². The first-order valence-corrected chi connectivity index (χ1v) is 10.1. The summed E-state index contributed by atoms with van der Waals surface area (Å²) in [6.07, 6.45) is 0. The van der Waals surface area contributed by atoms with E-state index in [1.54, 1.807) is 6.07 Å². The van der Waals surface area contributed by atoms with Crippen LogP contribution in [0.2, 0.25) is 24.2 Å². The maximum Gasteiger partial charge on any atom is 0.187 e. The molecule has 0 amide bonds. The zero-order valence-corrected chi connectivity index (χ0v) is 14.3. The topological polar surface area (TPSA) is 29.5 Å². The minimum atomic E-state index is -1.67. The fourth-order valence-corrected chi connectivity index (χ4v) is 5.99. The van der Waals surface area contributed by atoms with E-state index in [2.05, 4.69) is 33.9 Å². The molecule has 1 rings (SSSR count). The van der Waals surface area contributed by atoms with Crippen molar-refractivity contribution in [1.82, 2.24) is 0 Å². The molecule has 0 heterocycles. The third-order valence-electron chi connectivity index (χ3n) is 2.79. The van der Waals surface area contributed by atoms with E-state index in [1.165, 1.54) is 0 Å². The zero-order valence-electron chi connectivity index (χ0n) is 12.6. The number of rotatable bonds is 5. The quantitative estimate of drug-likeness (QED) is 0.805. The van der Waals surface area contributed by atoms with Gasteiger partial charge in [-0.25, -0.2) is 0 Å². The Bertz CT molecular complexity index is 425. The molecule has 0 fully saturated rings. The Kier molecular flexibility index (Phi) is 5.62. The summed E-state index contributed by atoms with van der Waals surface area (Å²) in [5.41, 5.74) is 2.16. The maximum atomic E-state index is 9.18. The molecule has 0 aliphatic carbocycles. The molecule has 0 aromatic heterocycles. The van der Waals surface area contributed by atoms with Gasteiger partial charge in [-0.05, 0) is 47.8 Å². The number of hydrogen-bond donors (Lipinski definition) is 1. The minimum absolute atomic E-state index is 0.0103. The first-order valence-electron chi connectivity index (χ1n) is 6.64. The van der Waals surface area contributed by atoms with Crippen molar-refractivity contribution >= 4 is 19.9 Å². The summed E-state index contributed by atoms with van der Waals surface area (Å²) in [6, 6.07) is 6.76. The number of hydrogen-bond acceptors (Lipinski definition) is 2. The van der Waals surface area contributed by atoms with Crippen LogP contribution >= 0.6 is 11.6 Å². The predicted octanol–water partition coefficient (Wildman–Crippen LogP) is 4.60. The predicted molar refractivity (Wildman–Crippen MR) is 83.9 cm³/mol. The highest BCUT2D eigenvalue weighted by Gasteiger charge is 2.29. The van der Waals surface area contributed by atoms with Crippen molar-refractivity contribution in [3.05, 3.63) is 34.3 Å². The van der Waals surface area contributed by atoms with Gasteiger partial charge in [0.05, 0.1) is 13.2 Å². The van der Waals surface area contributed by atoms with Crippen molar-refractivity contribution in [1.29, 1.82) is 0 Å². The lowest BCUT2D eigenvalue weighted by Gasteiger charge is -2.30. The van der Waals surface area contributed by atoms with Gasteiger partial charge in [0.15, 0.2) is 8.32 Å². The van der Waals surface area contributed by atoms with Gasteiger partial charge >= 0.3 is 0 Å². The van der Waals surface area contributed by atoms with Gasteiger partial charge in [0.1, 0.15) is 0 Å². The molecular formula is C15H25ClO2Si. The third-order valence-corrected chi connectivity index (χ3v) is 5.84. The molecule has 0 spiro atoms. The molecule has 0 unspecified atom stereocenters. The van der Waals surface area contributed by atoms with Crippen LogP contribution in [0.1, 0.15) is 31.9 Å². The first kappa shape index (κ1) is 16.7. The SMILES string of the molecule is CC(C)(C)C[Si](C)(C)OCc1cc(Cl)cc(CO)c1. The molecule has 0 bridgehead atoms. The largest absolute Gasteiger partial charge is 0.413 e. The van der Waals surface area contributed by atoms with Gasteiger partial charge in [-0.15, -0.1) is 0 Å². The smallest absolute Gasteiger partial charge is 0.187 e. The van der Waals surface area contributed by atoms with Crippen LogP contribution in [0.15, 0.2) is 18.2 Å². The van der Waals surface area contributed by atoms with E-state index in [0.717, 1.165) is 17.2 Å². The molecule has 0 radical (unpaired) electrons. The summed E-state index contributed by atoms with van der Waals surface area (Å²) in [4.78, 5) is 0. The summed E-state index contributed by atoms with van der Waals surface area (Å²) in [6.45, 7) is 11.8. The summed E-state index contributed by atoms with van der Waals surface area (Å²) < 4.78 is 6.14. The second-order valence-electron chi connectivity index (χ2n) is 6.91. The van der Waals surface area contributed by atoms with Gasteiger partial charge in [0, 0.05) is 5.02 Å². The minimum Gasteiger partial charge on any atom is -0.413 e. The maximum absolute atomic E-state index is 9.18. The Balaban J connectivity index is 2.68. The number of aliphatic hydroxyl groups is 1. The van der Waals surface area contributed by atoms with E-state index >= 15 is 0 Å². The van der Waals surface area contributed by atoms with Crippen LogP contribution in [-0.2, 0) is 17.6 Å². The van der Waals surface area contributed by atoms with E-state index in [-0.39, 0.29) is 6.61 Å². The highest BCUT2D eigenvalue weighted by atomic mass is 35.5. The zero-order chi connectivity index (χ0) is 14.7. The summed E-state index contributed by atoms with van der Waals surface area (Å²) in [7, 11) is -1.67. The van der Waals surface area contributed by atoms with E-state index in [9.17, 15) is 5.11 Å². The molecule has 0 aliphatic heterocycles. The second kappa shape index (κ2) is 6.40. The normalized spacial score (nSPS) is 12.8. The third kappa shape index (κ3) is 6.57. The molecule has 1 N–H and O–H groups in total. The monoisotopic (exact) mass is 300 g/mol. The van der Waals surface area contributed by atoms with Crippen LogP contribution in [-0.4, -0.2) is 13.4 Å². The Hall–Kier alpha value is -0.353. The molecule has 1 aromatic carbocycles. The Morgan fingerprint density at radius 2 is 1.74 bits per heavy atom. The highest BCUT2D eigenvalue weighted by Crippen LogP contribution is 2.29. The van der Waals surface area contributed by atoms with Gasteiger partial charge in [-0.1, -0.05) is 38.4 Å². The molecular weight excluding hydrogens is 276 g/mol. The summed E-state index contributed by atoms with van der Waals surface area (Å²) in [5.74, 6) is 0. The average molecular weight is 301 g/mol. The molecule has 4 heteroatoms. The van der Waals surface area contributed by atoms with Gasteiger partial charge in [0.25, 0.3) is 0 Å².